The van der Waals surface area contributed by atoms with Crippen LogP contribution in [-0.4, -0.2) is 25.6 Å². The summed E-state index contributed by atoms with van der Waals surface area (Å²) in [5, 5.41) is 0. The number of rotatable bonds is 0. The largest absolute Gasteiger partial charge is 0 e. The van der Waals surface area contributed by atoms with Crippen molar-refractivity contribution in [2.24, 2.45) is 0 Å². The topological polar surface area (TPSA) is 0 Å². The van der Waals surface area contributed by atoms with E-state index in [2.05, 4.69) is 19.1 Å². The van der Waals surface area contributed by atoms with Crippen molar-refractivity contribution in [3.8, 4) is 0 Å². The molecule has 0 rings (SSSR count). The molecule has 0 saturated carbocycles. The fourth-order valence-corrected chi connectivity index (χ4v) is 0. The zero-order valence-corrected chi connectivity index (χ0v) is 7.48. The van der Waals surface area contributed by atoms with Crippen molar-refractivity contribution in [1.29, 1.82) is 0 Å². The molecular weight excluding hydrogens is 199 g/mol. The van der Waals surface area contributed by atoms with Crippen LogP contribution in [0.1, 0.15) is 0 Å². The van der Waals surface area contributed by atoms with Crippen molar-refractivity contribution >= 4 is 25.6 Å². The van der Waals surface area contributed by atoms with Gasteiger partial charge in [0.25, 0.3) is 0 Å². The summed E-state index contributed by atoms with van der Waals surface area (Å²) in [6, 6.07) is 0. The first-order valence-corrected chi connectivity index (χ1v) is 7.25. The Morgan fingerprint density at radius 3 is 1.25 bits per heavy atom. The van der Waals surface area contributed by atoms with E-state index in [1.54, 1.807) is 0 Å². The zero-order chi connectivity index (χ0) is 2.00. The fourth-order valence-electron chi connectivity index (χ4n) is 0. The van der Waals surface area contributed by atoms with E-state index in [0.29, 0.717) is 0 Å². The minimum absolute atomic E-state index is 0. The molecule has 0 aromatic heterocycles. The fraction of sp³-hybridized carbons (Fsp3) is 0. The van der Waals surface area contributed by atoms with E-state index in [4.69, 9.17) is 0 Å². The van der Waals surface area contributed by atoms with Crippen LogP contribution in [0.2, 0.25) is 0 Å². The minimum atomic E-state index is 0. The second-order valence-electron chi connectivity index (χ2n) is 0. The third kappa shape index (κ3) is 8.91. The molecule has 0 aromatic carbocycles. The molecule has 0 nitrogen and oxygen atoms in total. The van der Waals surface area contributed by atoms with Crippen LogP contribution in [-0.2, 0) is 40.8 Å². The normalized spacial score (nSPS) is 2.00. The van der Waals surface area contributed by atoms with Crippen LogP contribution in [0.15, 0.2) is 0 Å². The maximum absolute atomic E-state index is 2.09. The van der Waals surface area contributed by atoms with Gasteiger partial charge in [0.1, 0.15) is 0 Å². The molecule has 0 aliphatic rings. The molecule has 0 amide bonds. The van der Waals surface area contributed by atoms with Crippen molar-refractivity contribution in [3.63, 3.8) is 0 Å². The molecule has 0 atom stereocenters. The molecule has 0 radical (unpaired) electrons. The Kier molecular flexibility index (Phi) is 78.8. The van der Waals surface area contributed by atoms with E-state index in [1.165, 1.54) is 8.21 Å². The van der Waals surface area contributed by atoms with E-state index < -0.39 is 0 Å². The average molecular weight is 205 g/mol. The molecule has 0 aliphatic heterocycles. The summed E-state index contributed by atoms with van der Waals surface area (Å²) < 4.78 is 0. The second kappa shape index (κ2) is 19.2. The molecule has 0 spiro atoms. The van der Waals surface area contributed by atoms with Crippen LogP contribution in [0.5, 0.6) is 0 Å². The van der Waals surface area contributed by atoms with Crippen molar-refractivity contribution in [2.75, 3.05) is 0 Å². The maximum atomic E-state index is 2.09. The molecule has 23 valence electrons. The van der Waals surface area contributed by atoms with Crippen molar-refractivity contribution in [2.45, 2.75) is 0 Å². The molecule has 0 saturated heterocycles. The molecule has 4 heteroatoms. The zero-order valence-electron chi connectivity index (χ0n) is 1.91. The van der Waals surface area contributed by atoms with E-state index in [1.807, 2.05) is 0 Å². The first-order valence-electron chi connectivity index (χ1n) is 0.408. The van der Waals surface area contributed by atoms with Gasteiger partial charge in [-0.2, -0.15) is 0 Å². The van der Waals surface area contributed by atoms with E-state index >= 15 is 0 Å². The Bertz CT molecular complexity index is 8.00. The Morgan fingerprint density at radius 2 is 1.25 bits per heavy atom. The van der Waals surface area contributed by atoms with Gasteiger partial charge in [-0.3, -0.25) is 0 Å². The third-order valence-electron chi connectivity index (χ3n) is 0. The standard InChI is InChI=1S/Al.Mo.H3Si.Ti.3H/h;;1H3;;;;. The Hall–Kier alpha value is 2.15. The van der Waals surface area contributed by atoms with Crippen LogP contribution in [0.3, 0.4) is 0 Å². The minimum Gasteiger partial charge on any atom is 0 e. The smallest absolute Gasteiger partial charge is 0 e. The summed E-state index contributed by atoms with van der Waals surface area (Å²) in [5.74, 6) is 0. The summed E-state index contributed by atoms with van der Waals surface area (Å²) in [7, 11) is 1.32. The van der Waals surface area contributed by atoms with Crippen molar-refractivity contribution in [1.82, 2.24) is 0 Å². The summed E-state index contributed by atoms with van der Waals surface area (Å²) in [6.07, 6.45) is 0. The van der Waals surface area contributed by atoms with Crippen LogP contribution < -0.4 is 0 Å². The van der Waals surface area contributed by atoms with E-state index in [0.717, 1.165) is 0 Å². The van der Waals surface area contributed by atoms with Gasteiger partial charge in [-0.1, -0.05) is 0 Å². The molecule has 4 heavy (non-hydrogen) atoms. The van der Waals surface area contributed by atoms with Gasteiger partial charge in [-0.25, -0.2) is 0 Å². The predicted molar refractivity (Wildman–Crippen MR) is 19.9 cm³/mol. The second-order valence-corrected chi connectivity index (χ2v) is 0. The molecule has 0 aromatic rings. The number of hydrogen-bond acceptors (Lipinski definition) is 0. The van der Waals surface area contributed by atoms with Gasteiger partial charge in [-0.15, -0.1) is 0 Å². The predicted octanol–water partition coefficient (Wildman–Crippen LogP) is -2.37. The van der Waals surface area contributed by atoms with Crippen molar-refractivity contribution < 1.29 is 40.8 Å². The van der Waals surface area contributed by atoms with Gasteiger partial charge in [0.05, 0.1) is 0 Å². The third-order valence-corrected chi connectivity index (χ3v) is 0. The van der Waals surface area contributed by atoms with Gasteiger partial charge in [0, 0.05) is 21.7 Å². The summed E-state index contributed by atoms with van der Waals surface area (Å²) in [6.45, 7) is 0. The monoisotopic (exact) mass is 207 g/mol. The van der Waals surface area contributed by atoms with Crippen LogP contribution in [0.25, 0.3) is 0 Å². The maximum Gasteiger partial charge on any atom is 0 e. The summed E-state index contributed by atoms with van der Waals surface area (Å²) >= 11 is 2.09. The van der Waals surface area contributed by atoms with Crippen molar-refractivity contribution in [3.05, 3.63) is 0 Å². The van der Waals surface area contributed by atoms with Gasteiger partial charge in [0.15, 0.2) is 17.4 Å². The van der Waals surface area contributed by atoms with Gasteiger partial charge >= 0.3 is 27.3 Å². The summed E-state index contributed by atoms with van der Waals surface area (Å²) in [4.78, 5) is 0. The quantitative estimate of drug-likeness (QED) is 0.387. The first-order chi connectivity index (χ1) is 1.00. The molecular formula is H6AlMoSiTi. The SMILES string of the molecule is [AlH3].[SiH3][Mo].[Ti]. The molecule has 0 bridgehead atoms. The Morgan fingerprint density at radius 1 is 1.25 bits per heavy atom. The van der Waals surface area contributed by atoms with E-state index in [9.17, 15) is 0 Å². The summed E-state index contributed by atoms with van der Waals surface area (Å²) in [5.41, 5.74) is 0. The average Bonchev–Trinajstić information content (AvgIpc) is 1.00. The Labute approximate surface area is 65.7 Å². The molecule has 0 unspecified atom stereocenters. The molecule has 0 heterocycles. The van der Waals surface area contributed by atoms with Crippen LogP contribution in [0, 0.1) is 0 Å². The molecule has 0 fully saturated rings. The van der Waals surface area contributed by atoms with E-state index in [-0.39, 0.29) is 39.1 Å². The molecule has 0 N–H and O–H groups in total. The first kappa shape index (κ1) is 16.4. The Balaban J connectivity index is -0.00000000500. The number of hydrogen-bond donors (Lipinski definition) is 0. The van der Waals surface area contributed by atoms with Crippen LogP contribution in [0.4, 0.5) is 0 Å². The van der Waals surface area contributed by atoms with Crippen LogP contribution >= 0.6 is 0 Å². The van der Waals surface area contributed by atoms with Gasteiger partial charge < -0.3 is 0 Å². The molecule has 0 aliphatic carbocycles. The van der Waals surface area contributed by atoms with Gasteiger partial charge in [-0.05, 0) is 0 Å². The van der Waals surface area contributed by atoms with Gasteiger partial charge in [0.2, 0.25) is 0 Å².